The van der Waals surface area contributed by atoms with Crippen molar-refractivity contribution in [1.82, 2.24) is 9.88 Å². The maximum Gasteiger partial charge on any atom is 0.448 e. The highest BCUT2D eigenvalue weighted by molar-refractivity contribution is 5.96. The average molecular weight is 365 g/mol. The summed E-state index contributed by atoms with van der Waals surface area (Å²) >= 11 is 0. The van der Waals surface area contributed by atoms with Crippen LogP contribution >= 0.6 is 0 Å². The standard InChI is InChI=1S/C14H9F6N3O2/c15-13(16,17)9-3-4-21-6-8(9)7-23-11(10-2-1-5-24-10)22-25-12(23)14(18,19)20/h1-6,12H,7H2. The molecule has 5 nitrogen and oxygen atoms in total. The number of aromatic nitrogens is 1. The van der Waals surface area contributed by atoms with Crippen LogP contribution < -0.4 is 0 Å². The van der Waals surface area contributed by atoms with Gasteiger partial charge in [-0.05, 0) is 18.2 Å². The van der Waals surface area contributed by atoms with Crippen LogP contribution in [0.2, 0.25) is 0 Å². The highest BCUT2D eigenvalue weighted by Crippen LogP contribution is 2.36. The molecule has 2 aromatic heterocycles. The van der Waals surface area contributed by atoms with Crippen LogP contribution in [0.4, 0.5) is 26.3 Å². The molecule has 1 aliphatic heterocycles. The molecular weight excluding hydrogens is 356 g/mol. The molecule has 25 heavy (non-hydrogen) atoms. The van der Waals surface area contributed by atoms with E-state index >= 15 is 0 Å². The van der Waals surface area contributed by atoms with Gasteiger partial charge in [-0.1, -0.05) is 5.16 Å². The molecule has 0 saturated carbocycles. The Morgan fingerprint density at radius 1 is 1.12 bits per heavy atom. The molecule has 0 amide bonds. The minimum Gasteiger partial charge on any atom is -0.461 e. The van der Waals surface area contributed by atoms with Crippen LogP contribution in [0, 0.1) is 0 Å². The van der Waals surface area contributed by atoms with Crippen LogP contribution in [0.1, 0.15) is 16.9 Å². The van der Waals surface area contributed by atoms with Crippen molar-refractivity contribution in [2.75, 3.05) is 0 Å². The molecule has 11 heteroatoms. The van der Waals surface area contributed by atoms with Crippen molar-refractivity contribution in [1.29, 1.82) is 0 Å². The van der Waals surface area contributed by atoms with E-state index in [9.17, 15) is 26.3 Å². The Labute approximate surface area is 136 Å². The quantitative estimate of drug-likeness (QED) is 0.777. The summed E-state index contributed by atoms with van der Waals surface area (Å²) in [6, 6.07) is 3.42. The first-order chi connectivity index (χ1) is 11.7. The van der Waals surface area contributed by atoms with Crippen molar-refractivity contribution in [2.24, 2.45) is 5.16 Å². The third-order valence-electron chi connectivity index (χ3n) is 3.37. The van der Waals surface area contributed by atoms with E-state index in [1.54, 1.807) is 0 Å². The minimum atomic E-state index is -4.88. The highest BCUT2D eigenvalue weighted by Gasteiger charge is 2.52. The molecule has 0 saturated heterocycles. The molecule has 0 fully saturated rings. The Morgan fingerprint density at radius 2 is 1.88 bits per heavy atom. The van der Waals surface area contributed by atoms with E-state index in [4.69, 9.17) is 4.42 Å². The van der Waals surface area contributed by atoms with Crippen molar-refractivity contribution >= 4 is 5.84 Å². The number of pyridine rings is 1. The van der Waals surface area contributed by atoms with E-state index in [1.807, 2.05) is 0 Å². The molecule has 1 unspecified atom stereocenters. The molecular formula is C14H9F6N3O2. The Kier molecular flexibility index (Phi) is 4.09. The van der Waals surface area contributed by atoms with Crippen molar-refractivity contribution in [3.63, 3.8) is 0 Å². The van der Waals surface area contributed by atoms with Gasteiger partial charge in [0.05, 0.1) is 18.4 Å². The molecule has 0 bridgehead atoms. The fraction of sp³-hybridized carbons (Fsp3) is 0.286. The Balaban J connectivity index is 1.98. The van der Waals surface area contributed by atoms with E-state index in [1.165, 1.54) is 18.4 Å². The van der Waals surface area contributed by atoms with Gasteiger partial charge in [-0.25, -0.2) is 0 Å². The first kappa shape index (κ1) is 17.1. The van der Waals surface area contributed by atoms with Gasteiger partial charge in [-0.15, -0.1) is 0 Å². The van der Waals surface area contributed by atoms with Crippen molar-refractivity contribution in [2.45, 2.75) is 25.1 Å². The molecule has 0 aromatic carbocycles. The summed E-state index contributed by atoms with van der Waals surface area (Å²) in [5, 5.41) is 3.32. The summed E-state index contributed by atoms with van der Waals surface area (Å²) in [7, 11) is 0. The number of furan rings is 1. The highest BCUT2D eigenvalue weighted by atomic mass is 19.4. The number of hydrogen-bond donors (Lipinski definition) is 0. The maximum atomic E-state index is 13.2. The Bertz CT molecular complexity index is 770. The van der Waals surface area contributed by atoms with Crippen LogP contribution in [0.25, 0.3) is 0 Å². The van der Waals surface area contributed by atoms with E-state index in [0.29, 0.717) is 11.0 Å². The van der Waals surface area contributed by atoms with Crippen LogP contribution in [0.3, 0.4) is 0 Å². The minimum absolute atomic E-state index is 0.0656. The van der Waals surface area contributed by atoms with Crippen molar-refractivity contribution in [3.05, 3.63) is 53.7 Å². The van der Waals surface area contributed by atoms with Gasteiger partial charge in [0, 0.05) is 18.0 Å². The van der Waals surface area contributed by atoms with Gasteiger partial charge < -0.3 is 14.2 Å². The van der Waals surface area contributed by atoms with Crippen LogP contribution in [-0.2, 0) is 17.6 Å². The molecule has 0 radical (unpaired) electrons. The second kappa shape index (κ2) is 5.97. The van der Waals surface area contributed by atoms with Gasteiger partial charge in [0.1, 0.15) is 0 Å². The van der Waals surface area contributed by atoms with Crippen molar-refractivity contribution < 1.29 is 35.6 Å². The van der Waals surface area contributed by atoms with E-state index in [2.05, 4.69) is 15.0 Å². The topological polar surface area (TPSA) is 50.9 Å². The molecule has 134 valence electrons. The van der Waals surface area contributed by atoms with E-state index in [0.717, 1.165) is 12.4 Å². The van der Waals surface area contributed by atoms with E-state index in [-0.39, 0.29) is 11.6 Å². The number of rotatable bonds is 3. The summed E-state index contributed by atoms with van der Waals surface area (Å²) in [6.45, 7) is -0.771. The fourth-order valence-corrected chi connectivity index (χ4v) is 2.32. The third kappa shape index (κ3) is 3.39. The summed E-state index contributed by atoms with van der Waals surface area (Å²) in [5.74, 6) is -0.423. The van der Waals surface area contributed by atoms with Gasteiger partial charge in [0.2, 0.25) is 5.84 Å². The predicted molar refractivity (Wildman–Crippen MR) is 71.0 cm³/mol. The summed E-state index contributed by atoms with van der Waals surface area (Å²) in [4.78, 5) is 8.50. The normalized spacial score (nSPS) is 18.2. The molecule has 3 rings (SSSR count). The lowest BCUT2D eigenvalue weighted by molar-refractivity contribution is -0.245. The lowest BCUT2D eigenvalue weighted by atomic mass is 10.1. The molecule has 0 N–H and O–H groups in total. The number of hydrogen-bond acceptors (Lipinski definition) is 5. The first-order valence-electron chi connectivity index (χ1n) is 6.79. The van der Waals surface area contributed by atoms with Gasteiger partial charge in [0.25, 0.3) is 6.23 Å². The molecule has 1 aliphatic rings. The number of oxime groups is 1. The summed E-state index contributed by atoms with van der Waals surface area (Å²) in [6.07, 6.45) is -9.19. The third-order valence-corrected chi connectivity index (χ3v) is 3.37. The fourth-order valence-electron chi connectivity index (χ4n) is 2.32. The van der Waals surface area contributed by atoms with Crippen molar-refractivity contribution in [3.8, 4) is 0 Å². The second-order valence-electron chi connectivity index (χ2n) is 5.05. The molecule has 3 heterocycles. The zero-order valence-electron chi connectivity index (χ0n) is 12.2. The predicted octanol–water partition coefficient (Wildman–Crippen LogP) is 3.78. The monoisotopic (exact) mass is 365 g/mol. The number of halogens is 6. The zero-order valence-corrected chi connectivity index (χ0v) is 12.2. The smallest absolute Gasteiger partial charge is 0.448 e. The van der Waals surface area contributed by atoms with Gasteiger partial charge in [-0.2, -0.15) is 26.3 Å². The zero-order chi connectivity index (χ0) is 18.2. The average Bonchev–Trinajstić information content (AvgIpc) is 3.14. The van der Waals surface area contributed by atoms with Gasteiger partial charge in [-0.3, -0.25) is 4.98 Å². The summed E-state index contributed by atoms with van der Waals surface area (Å²) in [5.41, 5.74) is -1.54. The number of nitrogens with zero attached hydrogens (tertiary/aromatic N) is 3. The molecule has 2 aromatic rings. The van der Waals surface area contributed by atoms with E-state index < -0.39 is 36.3 Å². The molecule has 0 aliphatic carbocycles. The Morgan fingerprint density at radius 3 is 2.48 bits per heavy atom. The maximum absolute atomic E-state index is 13.2. The lowest BCUT2D eigenvalue weighted by Gasteiger charge is -2.26. The van der Waals surface area contributed by atoms with Crippen LogP contribution in [0.15, 0.2) is 46.4 Å². The molecule has 1 atom stereocenters. The second-order valence-corrected chi connectivity index (χ2v) is 5.05. The van der Waals surface area contributed by atoms with Crippen LogP contribution in [-0.4, -0.2) is 28.1 Å². The lowest BCUT2D eigenvalue weighted by Crippen LogP contribution is -2.45. The first-order valence-corrected chi connectivity index (χ1v) is 6.79. The van der Waals surface area contributed by atoms with Crippen LogP contribution in [0.5, 0.6) is 0 Å². The molecule has 0 spiro atoms. The largest absolute Gasteiger partial charge is 0.461 e. The Hall–Kier alpha value is -2.72. The SMILES string of the molecule is FC(F)(F)c1ccncc1CN1C(c2ccco2)=NOC1C(F)(F)F. The number of amidine groups is 1. The number of alkyl halides is 6. The summed E-state index contributed by atoms with van der Waals surface area (Å²) < 4.78 is 83.7. The van der Waals surface area contributed by atoms with Gasteiger partial charge in [0.15, 0.2) is 5.76 Å². The van der Waals surface area contributed by atoms with Gasteiger partial charge >= 0.3 is 12.4 Å².